The number of hydrogen-bond acceptors (Lipinski definition) is 5. The minimum Gasteiger partial charge on any atom is -0.491 e. The maximum Gasteiger partial charge on any atom is 0.331 e. The number of halogens is 1. The highest BCUT2D eigenvalue weighted by Crippen LogP contribution is 2.36. The molecule has 0 heterocycles. The van der Waals surface area contributed by atoms with Crippen LogP contribution in [0.1, 0.15) is 12.5 Å². The van der Waals surface area contributed by atoms with Gasteiger partial charge in [0, 0.05) is 13.1 Å². The van der Waals surface area contributed by atoms with E-state index in [1.807, 2.05) is 6.92 Å². The molecule has 0 fully saturated rings. The number of benzene rings is 1. The third-order valence-corrected chi connectivity index (χ3v) is 2.85. The van der Waals surface area contributed by atoms with E-state index in [4.69, 9.17) is 25.8 Å². The molecule has 120 valence electrons. The first kappa shape index (κ1) is 17.8. The maximum absolute atomic E-state index is 11.5. The van der Waals surface area contributed by atoms with Crippen molar-refractivity contribution < 1.29 is 23.8 Å². The van der Waals surface area contributed by atoms with Crippen LogP contribution in [0.25, 0.3) is 6.08 Å². The van der Waals surface area contributed by atoms with Crippen molar-refractivity contribution >= 4 is 29.6 Å². The molecule has 0 aliphatic rings. The molecule has 1 amide bonds. The van der Waals surface area contributed by atoms with Gasteiger partial charge in [0.05, 0.1) is 18.7 Å². The summed E-state index contributed by atoms with van der Waals surface area (Å²) in [6, 6.07) is 3.32. The minimum absolute atomic E-state index is 0.326. The number of hydrogen-bond donors (Lipinski definition) is 1. The highest BCUT2D eigenvalue weighted by atomic mass is 35.5. The molecule has 0 aliphatic heterocycles. The second kappa shape index (κ2) is 8.94. The Kier molecular flexibility index (Phi) is 7.25. The molecule has 0 atom stereocenters. The maximum atomic E-state index is 11.5. The number of likely N-dealkylation sites (N-methyl/N-ethyl adjacent to an activating group) is 1. The molecule has 7 heteroatoms. The van der Waals surface area contributed by atoms with E-state index in [2.05, 4.69) is 5.32 Å². The Morgan fingerprint density at radius 2 is 2.09 bits per heavy atom. The van der Waals surface area contributed by atoms with Crippen molar-refractivity contribution in [2.24, 2.45) is 0 Å². The first-order chi connectivity index (χ1) is 10.5. The summed E-state index contributed by atoms with van der Waals surface area (Å²) in [5.74, 6) is -0.0971. The zero-order valence-electron chi connectivity index (χ0n) is 12.6. The van der Waals surface area contributed by atoms with Crippen LogP contribution < -0.4 is 14.8 Å². The lowest BCUT2D eigenvalue weighted by Gasteiger charge is -2.11. The largest absolute Gasteiger partial charge is 0.491 e. The SMILES string of the molecule is CCOc1cc(/C=C/C(=O)OCC(=O)NC)cc(Cl)c1OC. The standard InChI is InChI=1S/C15H18ClNO5/c1-4-21-12-8-10(7-11(16)15(12)20-3)5-6-14(19)22-9-13(18)17-2/h5-8H,4,9H2,1-3H3,(H,17,18)/b6-5+. The summed E-state index contributed by atoms with van der Waals surface area (Å²) in [6.45, 7) is 1.97. The molecule has 0 aliphatic carbocycles. The third kappa shape index (κ3) is 5.29. The number of carbonyl (C=O) groups is 2. The van der Waals surface area contributed by atoms with E-state index in [-0.39, 0.29) is 12.5 Å². The molecule has 0 saturated heterocycles. The van der Waals surface area contributed by atoms with Crippen LogP contribution in [0.15, 0.2) is 18.2 Å². The fourth-order valence-corrected chi connectivity index (χ4v) is 1.86. The summed E-state index contributed by atoms with van der Waals surface area (Å²) in [7, 11) is 2.95. The Bertz CT molecular complexity index is 571. The first-order valence-corrected chi connectivity index (χ1v) is 6.95. The van der Waals surface area contributed by atoms with Gasteiger partial charge in [0.15, 0.2) is 18.1 Å². The van der Waals surface area contributed by atoms with Gasteiger partial charge < -0.3 is 19.5 Å². The summed E-state index contributed by atoms with van der Waals surface area (Å²) in [6.07, 6.45) is 2.72. The van der Waals surface area contributed by atoms with E-state index in [0.29, 0.717) is 28.7 Å². The van der Waals surface area contributed by atoms with E-state index in [9.17, 15) is 9.59 Å². The zero-order chi connectivity index (χ0) is 16.5. The second-order valence-corrected chi connectivity index (χ2v) is 4.49. The van der Waals surface area contributed by atoms with Gasteiger partial charge in [-0.15, -0.1) is 0 Å². The number of rotatable bonds is 7. The summed E-state index contributed by atoms with van der Waals surface area (Å²) in [5.41, 5.74) is 0.645. The van der Waals surface area contributed by atoms with Gasteiger partial charge in [0.25, 0.3) is 5.91 Å². The lowest BCUT2D eigenvalue weighted by Crippen LogP contribution is -2.24. The molecule has 0 saturated carbocycles. The summed E-state index contributed by atoms with van der Waals surface area (Å²) >= 11 is 6.10. The highest BCUT2D eigenvalue weighted by Gasteiger charge is 2.10. The van der Waals surface area contributed by atoms with E-state index < -0.39 is 5.97 Å². The van der Waals surface area contributed by atoms with Crippen LogP contribution in [0.3, 0.4) is 0 Å². The van der Waals surface area contributed by atoms with Crippen LogP contribution in [0.5, 0.6) is 11.5 Å². The number of amides is 1. The average molecular weight is 328 g/mol. The molecule has 0 spiro atoms. The summed E-state index contributed by atoms with van der Waals surface area (Å²) < 4.78 is 15.3. The lowest BCUT2D eigenvalue weighted by molar-refractivity contribution is -0.143. The van der Waals surface area contributed by atoms with Crippen LogP contribution in [0.4, 0.5) is 0 Å². The van der Waals surface area contributed by atoms with Crippen molar-refractivity contribution in [1.29, 1.82) is 0 Å². The van der Waals surface area contributed by atoms with Crippen LogP contribution in [0.2, 0.25) is 5.02 Å². The van der Waals surface area contributed by atoms with Gasteiger partial charge in [-0.05, 0) is 30.7 Å². The Hall–Kier alpha value is -2.21. The van der Waals surface area contributed by atoms with E-state index in [1.165, 1.54) is 26.3 Å². The van der Waals surface area contributed by atoms with Gasteiger partial charge in [-0.3, -0.25) is 4.79 Å². The lowest BCUT2D eigenvalue weighted by atomic mass is 10.2. The number of esters is 1. The molecular weight excluding hydrogens is 310 g/mol. The Morgan fingerprint density at radius 3 is 2.68 bits per heavy atom. The zero-order valence-corrected chi connectivity index (χ0v) is 13.4. The Balaban J connectivity index is 2.82. The Labute approximate surface area is 134 Å². The fourth-order valence-electron chi connectivity index (χ4n) is 1.57. The smallest absolute Gasteiger partial charge is 0.331 e. The summed E-state index contributed by atoms with van der Waals surface area (Å²) in [5, 5.41) is 2.72. The van der Waals surface area contributed by atoms with Crippen molar-refractivity contribution in [3.05, 3.63) is 28.8 Å². The molecule has 0 aromatic heterocycles. The first-order valence-electron chi connectivity index (χ1n) is 6.57. The molecule has 1 rings (SSSR count). The van der Waals surface area contributed by atoms with E-state index >= 15 is 0 Å². The van der Waals surface area contributed by atoms with E-state index in [1.54, 1.807) is 12.1 Å². The van der Waals surface area contributed by atoms with Crippen molar-refractivity contribution in [3.8, 4) is 11.5 Å². The van der Waals surface area contributed by atoms with Gasteiger partial charge in [0.2, 0.25) is 0 Å². The molecule has 0 bridgehead atoms. The predicted molar refractivity (Wildman–Crippen MR) is 83.2 cm³/mol. The molecule has 1 aromatic rings. The molecule has 22 heavy (non-hydrogen) atoms. The van der Waals surface area contributed by atoms with Crippen LogP contribution in [-0.2, 0) is 14.3 Å². The number of nitrogens with one attached hydrogen (secondary N) is 1. The van der Waals surface area contributed by atoms with Crippen LogP contribution >= 0.6 is 11.6 Å². The Morgan fingerprint density at radius 1 is 1.36 bits per heavy atom. The highest BCUT2D eigenvalue weighted by molar-refractivity contribution is 6.32. The number of carbonyl (C=O) groups excluding carboxylic acids is 2. The van der Waals surface area contributed by atoms with Gasteiger partial charge in [-0.25, -0.2) is 4.79 Å². The molecule has 6 nitrogen and oxygen atoms in total. The van der Waals surface area contributed by atoms with Gasteiger partial charge in [-0.1, -0.05) is 11.6 Å². The second-order valence-electron chi connectivity index (χ2n) is 4.08. The molecule has 0 unspecified atom stereocenters. The number of methoxy groups -OCH3 is 1. The van der Waals surface area contributed by atoms with Gasteiger partial charge in [-0.2, -0.15) is 0 Å². The molecule has 0 radical (unpaired) electrons. The molecule has 1 N–H and O–H groups in total. The van der Waals surface area contributed by atoms with E-state index in [0.717, 1.165) is 0 Å². The van der Waals surface area contributed by atoms with Crippen molar-refractivity contribution in [3.63, 3.8) is 0 Å². The summed E-state index contributed by atoms with van der Waals surface area (Å²) in [4.78, 5) is 22.4. The van der Waals surface area contributed by atoms with Crippen molar-refractivity contribution in [2.45, 2.75) is 6.92 Å². The van der Waals surface area contributed by atoms with Crippen molar-refractivity contribution in [2.75, 3.05) is 27.4 Å². The predicted octanol–water partition coefficient (Wildman–Crippen LogP) is 2.05. The quantitative estimate of drug-likeness (QED) is 0.613. The molecular formula is C15H18ClNO5. The normalized spacial score (nSPS) is 10.4. The monoisotopic (exact) mass is 327 g/mol. The number of ether oxygens (including phenoxy) is 3. The minimum atomic E-state index is -0.631. The average Bonchev–Trinajstić information content (AvgIpc) is 2.50. The van der Waals surface area contributed by atoms with Crippen LogP contribution in [-0.4, -0.2) is 39.2 Å². The van der Waals surface area contributed by atoms with Gasteiger partial charge in [0.1, 0.15) is 0 Å². The third-order valence-electron chi connectivity index (χ3n) is 2.57. The van der Waals surface area contributed by atoms with Gasteiger partial charge >= 0.3 is 5.97 Å². The van der Waals surface area contributed by atoms with Crippen molar-refractivity contribution in [1.82, 2.24) is 5.32 Å². The molecule has 1 aromatic carbocycles. The van der Waals surface area contributed by atoms with Crippen LogP contribution in [0, 0.1) is 0 Å². The topological polar surface area (TPSA) is 73.9 Å². The fraction of sp³-hybridized carbons (Fsp3) is 0.333.